The molecule has 28 heavy (non-hydrogen) atoms. The lowest BCUT2D eigenvalue weighted by molar-refractivity contribution is 0.184. The van der Waals surface area contributed by atoms with Gasteiger partial charge in [0.1, 0.15) is 0 Å². The average molecular weight is 400 g/mol. The first-order valence-electron chi connectivity index (χ1n) is 9.26. The Morgan fingerprint density at radius 2 is 1.89 bits per heavy atom. The summed E-state index contributed by atoms with van der Waals surface area (Å²) >= 11 is 0. The van der Waals surface area contributed by atoms with E-state index in [1.807, 2.05) is 43.1 Å². The van der Waals surface area contributed by atoms with Gasteiger partial charge in [0.15, 0.2) is 5.69 Å². The molecule has 7 heteroatoms. The van der Waals surface area contributed by atoms with E-state index in [1.54, 1.807) is 18.2 Å². The van der Waals surface area contributed by atoms with E-state index in [9.17, 15) is 8.42 Å². The highest BCUT2D eigenvalue weighted by Crippen LogP contribution is 2.29. The molecule has 148 valence electrons. The van der Waals surface area contributed by atoms with E-state index in [-0.39, 0.29) is 12.6 Å². The zero-order valence-electron chi connectivity index (χ0n) is 16.2. The van der Waals surface area contributed by atoms with Crippen molar-refractivity contribution in [1.29, 1.82) is 0 Å². The SMILES string of the molecule is [C-]#[N+]c1ccc(-c2ccc(S(=O)(=O)N3CC[C@@H](N(C)CCO)C3)c(C)c2)cc1. The number of hydrogen-bond donors (Lipinski definition) is 1. The van der Waals surface area contributed by atoms with Crippen LogP contribution in [0.15, 0.2) is 47.4 Å². The van der Waals surface area contributed by atoms with Crippen LogP contribution < -0.4 is 0 Å². The summed E-state index contributed by atoms with van der Waals surface area (Å²) in [6.45, 7) is 10.4. The van der Waals surface area contributed by atoms with Crippen molar-refractivity contribution in [2.75, 3.05) is 33.3 Å². The topological polar surface area (TPSA) is 65.2 Å². The Hall–Kier alpha value is -2.24. The predicted octanol–water partition coefficient (Wildman–Crippen LogP) is 2.90. The zero-order chi connectivity index (χ0) is 20.3. The smallest absolute Gasteiger partial charge is 0.243 e. The first kappa shape index (κ1) is 20.5. The maximum Gasteiger partial charge on any atom is 0.243 e. The standard InChI is InChI=1S/C21H25N3O3S/c1-16-14-18(17-4-7-19(22-2)8-5-17)6-9-21(16)28(26,27)24-11-10-20(15-24)23(3)12-13-25/h4-9,14,20,25H,10-13,15H2,1,3H3/t20-/m1/s1. The molecule has 0 aliphatic carbocycles. The van der Waals surface area contributed by atoms with Gasteiger partial charge in [0.25, 0.3) is 0 Å². The number of hydrogen-bond acceptors (Lipinski definition) is 4. The van der Waals surface area contributed by atoms with Gasteiger partial charge < -0.3 is 5.11 Å². The van der Waals surface area contributed by atoms with Crippen LogP contribution in [-0.4, -0.2) is 62.1 Å². The van der Waals surface area contributed by atoms with E-state index in [4.69, 9.17) is 11.7 Å². The van der Waals surface area contributed by atoms with Gasteiger partial charge in [0.05, 0.1) is 18.1 Å². The second-order valence-electron chi connectivity index (χ2n) is 7.15. The zero-order valence-corrected chi connectivity index (χ0v) is 17.0. The number of sulfonamides is 1. The third-order valence-electron chi connectivity index (χ3n) is 5.32. The summed E-state index contributed by atoms with van der Waals surface area (Å²) in [5.41, 5.74) is 3.16. The van der Waals surface area contributed by atoms with Gasteiger partial charge >= 0.3 is 0 Å². The van der Waals surface area contributed by atoms with Crippen LogP contribution in [0.1, 0.15) is 12.0 Å². The van der Waals surface area contributed by atoms with Crippen LogP contribution in [0, 0.1) is 13.5 Å². The maximum atomic E-state index is 13.1. The third kappa shape index (κ3) is 4.10. The minimum Gasteiger partial charge on any atom is -0.395 e. The summed E-state index contributed by atoms with van der Waals surface area (Å²) in [6, 6.07) is 12.8. The Labute approximate surface area is 166 Å². The Kier molecular flexibility index (Phi) is 6.16. The van der Waals surface area contributed by atoms with Crippen molar-refractivity contribution in [1.82, 2.24) is 9.21 Å². The molecule has 0 radical (unpaired) electrons. The van der Waals surface area contributed by atoms with Crippen LogP contribution >= 0.6 is 0 Å². The van der Waals surface area contributed by atoms with Gasteiger partial charge in [0, 0.05) is 25.7 Å². The van der Waals surface area contributed by atoms with Crippen LogP contribution in [0.2, 0.25) is 0 Å². The molecular weight excluding hydrogens is 374 g/mol. The Bertz CT molecular complexity index is 981. The van der Waals surface area contributed by atoms with Crippen molar-refractivity contribution in [2.24, 2.45) is 0 Å². The molecule has 1 aliphatic rings. The van der Waals surface area contributed by atoms with Gasteiger partial charge in [-0.05, 0) is 43.1 Å². The molecule has 2 aromatic carbocycles. The van der Waals surface area contributed by atoms with Crippen molar-refractivity contribution in [3.63, 3.8) is 0 Å². The molecule has 1 heterocycles. The fourth-order valence-electron chi connectivity index (χ4n) is 3.61. The second-order valence-corrected chi connectivity index (χ2v) is 9.06. The Balaban J connectivity index is 1.82. The number of rotatable bonds is 6. The molecule has 3 rings (SSSR count). The number of aryl methyl sites for hydroxylation is 1. The highest BCUT2D eigenvalue weighted by molar-refractivity contribution is 7.89. The Morgan fingerprint density at radius 1 is 1.21 bits per heavy atom. The Morgan fingerprint density at radius 3 is 2.50 bits per heavy atom. The molecule has 0 saturated carbocycles. The molecule has 6 nitrogen and oxygen atoms in total. The van der Waals surface area contributed by atoms with Gasteiger partial charge in [-0.1, -0.05) is 36.4 Å². The number of aliphatic hydroxyl groups excluding tert-OH is 1. The molecule has 1 fully saturated rings. The molecule has 0 aromatic heterocycles. The highest BCUT2D eigenvalue weighted by atomic mass is 32.2. The van der Waals surface area contributed by atoms with E-state index in [0.717, 1.165) is 17.5 Å². The molecule has 2 aromatic rings. The summed E-state index contributed by atoms with van der Waals surface area (Å²) in [4.78, 5) is 5.74. The summed E-state index contributed by atoms with van der Waals surface area (Å²) in [7, 11) is -1.64. The number of benzene rings is 2. The van der Waals surface area contributed by atoms with E-state index >= 15 is 0 Å². The van der Waals surface area contributed by atoms with Crippen LogP contribution in [0.5, 0.6) is 0 Å². The molecule has 0 bridgehead atoms. The number of aliphatic hydroxyl groups is 1. The van der Waals surface area contributed by atoms with E-state index in [0.29, 0.717) is 35.8 Å². The molecule has 0 unspecified atom stereocenters. The summed E-state index contributed by atoms with van der Waals surface area (Å²) in [5, 5.41) is 9.10. The first-order valence-corrected chi connectivity index (χ1v) is 10.7. The molecule has 1 atom stereocenters. The predicted molar refractivity (Wildman–Crippen MR) is 110 cm³/mol. The molecule has 0 amide bonds. The summed E-state index contributed by atoms with van der Waals surface area (Å²) in [6.07, 6.45) is 0.764. The van der Waals surface area contributed by atoms with Crippen molar-refractivity contribution < 1.29 is 13.5 Å². The molecule has 1 saturated heterocycles. The minimum atomic E-state index is -3.56. The van der Waals surface area contributed by atoms with Crippen LogP contribution in [-0.2, 0) is 10.0 Å². The molecule has 1 aliphatic heterocycles. The van der Waals surface area contributed by atoms with Crippen molar-refractivity contribution in [3.8, 4) is 11.1 Å². The lowest BCUT2D eigenvalue weighted by Gasteiger charge is -2.24. The van der Waals surface area contributed by atoms with Crippen molar-refractivity contribution in [2.45, 2.75) is 24.3 Å². The fraction of sp³-hybridized carbons (Fsp3) is 0.381. The first-order chi connectivity index (χ1) is 13.4. The van der Waals surface area contributed by atoms with Crippen LogP contribution in [0.4, 0.5) is 5.69 Å². The molecule has 1 N–H and O–H groups in total. The van der Waals surface area contributed by atoms with Crippen molar-refractivity contribution in [3.05, 3.63) is 59.4 Å². The van der Waals surface area contributed by atoms with Gasteiger partial charge in [-0.15, -0.1) is 0 Å². The van der Waals surface area contributed by atoms with Gasteiger partial charge in [-0.25, -0.2) is 13.3 Å². The van der Waals surface area contributed by atoms with Crippen LogP contribution in [0.25, 0.3) is 16.0 Å². The van der Waals surface area contributed by atoms with E-state index in [2.05, 4.69) is 4.85 Å². The van der Waals surface area contributed by atoms with E-state index < -0.39 is 10.0 Å². The maximum absolute atomic E-state index is 13.1. The normalized spacial score (nSPS) is 17.8. The molecular formula is C21H25N3O3S. The summed E-state index contributed by atoms with van der Waals surface area (Å²) < 4.78 is 27.8. The van der Waals surface area contributed by atoms with Gasteiger partial charge in [-0.2, -0.15) is 4.31 Å². The summed E-state index contributed by atoms with van der Waals surface area (Å²) in [5.74, 6) is 0. The lowest BCUT2D eigenvalue weighted by Crippen LogP contribution is -2.38. The third-order valence-corrected chi connectivity index (χ3v) is 7.35. The lowest BCUT2D eigenvalue weighted by atomic mass is 10.0. The second kappa shape index (κ2) is 8.41. The monoisotopic (exact) mass is 399 g/mol. The fourth-order valence-corrected chi connectivity index (χ4v) is 5.31. The van der Waals surface area contributed by atoms with Gasteiger partial charge in [-0.3, -0.25) is 4.90 Å². The average Bonchev–Trinajstić information content (AvgIpc) is 3.19. The molecule has 0 spiro atoms. The van der Waals surface area contributed by atoms with Crippen molar-refractivity contribution >= 4 is 15.7 Å². The van der Waals surface area contributed by atoms with E-state index in [1.165, 1.54) is 4.31 Å². The number of likely N-dealkylation sites (N-methyl/N-ethyl adjacent to an activating group) is 1. The quantitative estimate of drug-likeness (QED) is 0.759. The van der Waals surface area contributed by atoms with Gasteiger partial charge in [0.2, 0.25) is 10.0 Å². The largest absolute Gasteiger partial charge is 0.395 e. The minimum absolute atomic E-state index is 0.0667. The van der Waals surface area contributed by atoms with Crippen LogP contribution in [0.3, 0.4) is 0 Å². The number of nitrogens with zero attached hydrogens (tertiary/aromatic N) is 3. The highest BCUT2D eigenvalue weighted by Gasteiger charge is 2.34.